The molecule has 31 heavy (non-hydrogen) atoms. The molecule has 0 spiro atoms. The van der Waals surface area contributed by atoms with Gasteiger partial charge in [0, 0.05) is 37.6 Å². The third kappa shape index (κ3) is 6.15. The predicted octanol–water partition coefficient (Wildman–Crippen LogP) is 3.77. The van der Waals surface area contributed by atoms with Crippen LogP contribution >= 0.6 is 0 Å². The zero-order valence-corrected chi connectivity index (χ0v) is 18.3. The van der Waals surface area contributed by atoms with E-state index < -0.39 is 0 Å². The highest BCUT2D eigenvalue weighted by atomic mass is 16.6. The third-order valence-corrected chi connectivity index (χ3v) is 6.15. The van der Waals surface area contributed by atoms with Gasteiger partial charge in [-0.2, -0.15) is 0 Å². The smallest absolute Gasteiger partial charge is 0.277 e. The van der Waals surface area contributed by atoms with E-state index in [1.54, 1.807) is 18.5 Å². The molecule has 8 nitrogen and oxygen atoms in total. The van der Waals surface area contributed by atoms with Gasteiger partial charge in [0.1, 0.15) is 0 Å². The Hall–Kier alpha value is -2.71. The number of pyridine rings is 1. The molecule has 2 aromatic rings. The van der Waals surface area contributed by atoms with Crippen molar-refractivity contribution >= 4 is 5.69 Å². The molecule has 0 bridgehead atoms. The van der Waals surface area contributed by atoms with Gasteiger partial charge in [-0.1, -0.05) is 0 Å². The molecule has 1 aliphatic carbocycles. The van der Waals surface area contributed by atoms with E-state index in [0.717, 1.165) is 44.3 Å². The van der Waals surface area contributed by atoms with Gasteiger partial charge in [0.05, 0.1) is 25.2 Å². The second-order valence-electron chi connectivity index (χ2n) is 8.24. The predicted molar refractivity (Wildman–Crippen MR) is 119 cm³/mol. The maximum atomic E-state index is 11.8. The summed E-state index contributed by atoms with van der Waals surface area (Å²) in [7, 11) is 3.02. The van der Waals surface area contributed by atoms with E-state index in [0.29, 0.717) is 42.0 Å². The topological polar surface area (TPSA) is 104 Å². The minimum absolute atomic E-state index is 0.0456. The molecule has 0 aliphatic heterocycles. The number of rotatable bonds is 10. The van der Waals surface area contributed by atoms with E-state index in [9.17, 15) is 10.1 Å². The summed E-state index contributed by atoms with van der Waals surface area (Å²) in [4.78, 5) is 17.8. The molecule has 1 heterocycles. The van der Waals surface area contributed by atoms with Crippen LogP contribution < -0.4 is 15.2 Å². The quantitative estimate of drug-likeness (QED) is 0.454. The summed E-state index contributed by atoms with van der Waals surface area (Å²) < 4.78 is 10.7. The number of aromatic nitrogens is 1. The van der Waals surface area contributed by atoms with Gasteiger partial charge in [-0.05, 0) is 67.8 Å². The van der Waals surface area contributed by atoms with Gasteiger partial charge in [0.25, 0.3) is 5.69 Å². The fourth-order valence-electron chi connectivity index (χ4n) is 4.39. The average molecular weight is 429 g/mol. The summed E-state index contributed by atoms with van der Waals surface area (Å²) >= 11 is 0. The summed E-state index contributed by atoms with van der Waals surface area (Å²) in [6.45, 7) is 2.79. The Labute approximate surface area is 183 Å². The van der Waals surface area contributed by atoms with Crippen LogP contribution in [0.15, 0.2) is 36.7 Å². The molecule has 3 rings (SSSR count). The molecule has 0 atom stereocenters. The van der Waals surface area contributed by atoms with Crippen molar-refractivity contribution in [3.63, 3.8) is 0 Å². The van der Waals surface area contributed by atoms with Gasteiger partial charge in [-0.25, -0.2) is 0 Å². The van der Waals surface area contributed by atoms with Crippen LogP contribution in [0.4, 0.5) is 5.69 Å². The van der Waals surface area contributed by atoms with Gasteiger partial charge in [0.2, 0.25) is 0 Å². The first-order chi connectivity index (χ1) is 15.0. The fraction of sp³-hybridized carbons (Fsp3) is 0.522. The van der Waals surface area contributed by atoms with E-state index in [1.165, 1.54) is 20.3 Å². The molecule has 0 amide bonds. The summed E-state index contributed by atoms with van der Waals surface area (Å²) in [5.74, 6) is 2.04. The maximum Gasteiger partial charge on any atom is 0.277 e. The standard InChI is InChI=1S/C23H32N4O4/c1-30-22-11-20(21(27(28)29)12-23(22)31-2)16-26(15-19-7-9-25-10-8-19)14-18-5-3-17(13-24)4-6-18/h7-12,17-18H,3-6,13-16,24H2,1-2H3. The Morgan fingerprint density at radius 2 is 1.68 bits per heavy atom. The molecule has 1 aromatic carbocycles. The van der Waals surface area contributed by atoms with Crippen LogP contribution in [-0.4, -0.2) is 42.1 Å². The second kappa shape index (κ2) is 11.1. The summed E-state index contributed by atoms with van der Waals surface area (Å²) in [6.07, 6.45) is 8.14. The van der Waals surface area contributed by atoms with Crippen LogP contribution in [0.2, 0.25) is 0 Å². The number of hydrogen-bond acceptors (Lipinski definition) is 7. The first-order valence-electron chi connectivity index (χ1n) is 10.7. The molecule has 0 radical (unpaired) electrons. The summed E-state index contributed by atoms with van der Waals surface area (Å²) in [5.41, 5.74) is 7.64. The van der Waals surface area contributed by atoms with Crippen molar-refractivity contribution in [2.24, 2.45) is 17.6 Å². The molecule has 2 N–H and O–H groups in total. The SMILES string of the molecule is COc1cc(CN(Cc2ccncc2)CC2CCC(CN)CC2)c([N+](=O)[O-])cc1OC. The lowest BCUT2D eigenvalue weighted by Crippen LogP contribution is -2.32. The molecule has 0 saturated heterocycles. The number of benzene rings is 1. The van der Waals surface area contributed by atoms with Gasteiger partial charge >= 0.3 is 0 Å². The Bertz CT molecular complexity index is 854. The largest absolute Gasteiger partial charge is 0.493 e. The van der Waals surface area contributed by atoms with Crippen molar-refractivity contribution in [3.05, 3.63) is 57.9 Å². The normalized spacial score (nSPS) is 18.7. The molecular formula is C23H32N4O4. The first-order valence-corrected chi connectivity index (χ1v) is 10.7. The Kier molecular flexibility index (Phi) is 8.20. The van der Waals surface area contributed by atoms with Crippen LogP contribution in [0.5, 0.6) is 11.5 Å². The number of hydrogen-bond donors (Lipinski definition) is 1. The van der Waals surface area contributed by atoms with Crippen LogP contribution in [0.1, 0.15) is 36.8 Å². The fourth-order valence-corrected chi connectivity index (χ4v) is 4.39. The minimum atomic E-state index is -0.353. The van der Waals surface area contributed by atoms with Gasteiger partial charge < -0.3 is 15.2 Å². The summed E-state index contributed by atoms with van der Waals surface area (Å²) in [5, 5.41) is 11.8. The molecule has 0 unspecified atom stereocenters. The van der Waals surface area contributed by atoms with Crippen molar-refractivity contribution in [1.29, 1.82) is 0 Å². The Balaban J connectivity index is 1.84. The average Bonchev–Trinajstić information content (AvgIpc) is 2.79. The minimum Gasteiger partial charge on any atom is -0.493 e. The number of ether oxygens (including phenoxy) is 2. The third-order valence-electron chi connectivity index (χ3n) is 6.15. The molecule has 168 valence electrons. The number of methoxy groups -OCH3 is 2. The lowest BCUT2D eigenvalue weighted by atomic mass is 9.82. The van der Waals surface area contributed by atoms with E-state index in [4.69, 9.17) is 15.2 Å². The highest BCUT2D eigenvalue weighted by molar-refractivity contribution is 5.54. The molecular weight excluding hydrogens is 396 g/mol. The van der Waals surface area contributed by atoms with Crippen molar-refractivity contribution < 1.29 is 14.4 Å². The zero-order chi connectivity index (χ0) is 22.2. The van der Waals surface area contributed by atoms with Gasteiger partial charge in [-0.3, -0.25) is 20.0 Å². The highest BCUT2D eigenvalue weighted by Gasteiger charge is 2.25. The van der Waals surface area contributed by atoms with E-state index in [1.807, 2.05) is 12.1 Å². The number of nitrogens with two attached hydrogens (primary N) is 1. The van der Waals surface area contributed by atoms with Gasteiger partial charge in [-0.15, -0.1) is 0 Å². The Morgan fingerprint density at radius 3 is 2.26 bits per heavy atom. The second-order valence-corrected chi connectivity index (χ2v) is 8.24. The molecule has 8 heteroatoms. The van der Waals surface area contributed by atoms with Crippen LogP contribution in [-0.2, 0) is 13.1 Å². The number of nitrogens with zero attached hydrogens (tertiary/aromatic N) is 3. The van der Waals surface area contributed by atoms with E-state index in [2.05, 4.69) is 9.88 Å². The van der Waals surface area contributed by atoms with E-state index >= 15 is 0 Å². The lowest BCUT2D eigenvalue weighted by Gasteiger charge is -2.32. The van der Waals surface area contributed by atoms with Crippen LogP contribution in [0, 0.1) is 22.0 Å². The number of nitro benzene ring substituents is 1. The van der Waals surface area contributed by atoms with Crippen molar-refractivity contribution in [2.45, 2.75) is 38.8 Å². The molecule has 1 aromatic heterocycles. The van der Waals surface area contributed by atoms with Crippen molar-refractivity contribution in [1.82, 2.24) is 9.88 Å². The molecule has 1 aliphatic rings. The van der Waals surface area contributed by atoms with Crippen LogP contribution in [0.25, 0.3) is 0 Å². The molecule has 1 fully saturated rings. The molecule has 1 saturated carbocycles. The van der Waals surface area contributed by atoms with Gasteiger partial charge in [0.15, 0.2) is 11.5 Å². The summed E-state index contributed by atoms with van der Waals surface area (Å²) in [6, 6.07) is 7.15. The maximum absolute atomic E-state index is 11.8. The van der Waals surface area contributed by atoms with Crippen molar-refractivity contribution in [3.8, 4) is 11.5 Å². The lowest BCUT2D eigenvalue weighted by molar-refractivity contribution is -0.385. The van der Waals surface area contributed by atoms with Crippen molar-refractivity contribution in [2.75, 3.05) is 27.3 Å². The number of nitro groups is 1. The monoisotopic (exact) mass is 428 g/mol. The zero-order valence-electron chi connectivity index (χ0n) is 18.3. The first kappa shape index (κ1) is 23.0. The van der Waals surface area contributed by atoms with Crippen LogP contribution in [0.3, 0.4) is 0 Å². The highest BCUT2D eigenvalue weighted by Crippen LogP contribution is 2.36. The van der Waals surface area contributed by atoms with E-state index in [-0.39, 0.29) is 10.6 Å². The Morgan fingerprint density at radius 1 is 1.06 bits per heavy atom.